The molecule has 0 radical (unpaired) electrons. The Hall–Kier alpha value is -3.04. The molecule has 0 aliphatic heterocycles. The van der Waals surface area contributed by atoms with Gasteiger partial charge in [0.15, 0.2) is 11.5 Å². The van der Waals surface area contributed by atoms with Gasteiger partial charge in [0.25, 0.3) is 0 Å². The van der Waals surface area contributed by atoms with Crippen molar-refractivity contribution >= 4 is 55.6 Å². The second-order valence-corrected chi connectivity index (χ2v) is 9.24. The van der Waals surface area contributed by atoms with Crippen LogP contribution in [0.25, 0.3) is 21.8 Å². The lowest BCUT2D eigenvalue weighted by molar-refractivity contribution is 0.295. The number of ether oxygens (including phenoxy) is 2. The summed E-state index contributed by atoms with van der Waals surface area (Å²) in [6.45, 7) is 0.266. The van der Waals surface area contributed by atoms with E-state index in [1.807, 2.05) is 36.5 Å². The number of aromatic amines is 1. The molecule has 0 bridgehead atoms. The summed E-state index contributed by atoms with van der Waals surface area (Å²) < 4.78 is 33.8. The van der Waals surface area contributed by atoms with Gasteiger partial charge in [-0.15, -0.1) is 12.4 Å². The molecule has 164 valence electrons. The molecule has 31 heavy (non-hydrogen) atoms. The molecular formula is C21H23ClN4O4S. The highest BCUT2D eigenvalue weighted by Gasteiger charge is 2.13. The van der Waals surface area contributed by atoms with Crippen molar-refractivity contribution < 1.29 is 17.9 Å². The third-order valence-corrected chi connectivity index (χ3v) is 5.68. The number of fused-ring (bicyclic) bond motifs is 2. The number of benzene rings is 2. The number of nitrogens with zero attached hydrogens (tertiary/aromatic N) is 2. The second-order valence-electron chi connectivity index (χ2n) is 6.98. The van der Waals surface area contributed by atoms with Gasteiger partial charge < -0.3 is 19.8 Å². The molecule has 0 aliphatic carbocycles. The topological polar surface area (TPSA) is 106 Å². The summed E-state index contributed by atoms with van der Waals surface area (Å²) in [4.78, 5) is 11.9. The maximum Gasteiger partial charge on any atom is 0.163 e. The number of hydrogen-bond donors (Lipinski definition) is 2. The molecule has 0 unspecified atom stereocenters. The van der Waals surface area contributed by atoms with Gasteiger partial charge in [0.1, 0.15) is 22.0 Å². The lowest BCUT2D eigenvalue weighted by atomic mass is 10.2. The Morgan fingerprint density at radius 3 is 2.71 bits per heavy atom. The van der Waals surface area contributed by atoms with Gasteiger partial charge in [0, 0.05) is 40.5 Å². The largest absolute Gasteiger partial charge is 0.493 e. The van der Waals surface area contributed by atoms with E-state index in [4.69, 9.17) is 9.47 Å². The van der Waals surface area contributed by atoms with Crippen LogP contribution >= 0.6 is 12.4 Å². The van der Waals surface area contributed by atoms with Gasteiger partial charge in [-0.1, -0.05) is 0 Å². The van der Waals surface area contributed by atoms with Gasteiger partial charge in [0.2, 0.25) is 0 Å². The van der Waals surface area contributed by atoms with E-state index in [9.17, 15) is 8.42 Å². The van der Waals surface area contributed by atoms with Crippen molar-refractivity contribution in [3.63, 3.8) is 0 Å². The maximum atomic E-state index is 11.3. The fraction of sp³-hybridized carbons (Fsp3) is 0.238. The summed E-state index contributed by atoms with van der Waals surface area (Å²) in [5.74, 6) is 1.76. The van der Waals surface area contributed by atoms with Crippen molar-refractivity contribution in [2.24, 2.45) is 0 Å². The number of H-pyrrole nitrogens is 1. The minimum atomic E-state index is -3.02. The Bertz CT molecular complexity index is 1310. The Balaban J connectivity index is 0.00000272. The number of sulfone groups is 1. The summed E-state index contributed by atoms with van der Waals surface area (Å²) >= 11 is 0. The number of anilines is 2. The van der Waals surface area contributed by atoms with E-state index in [0.717, 1.165) is 22.0 Å². The minimum Gasteiger partial charge on any atom is -0.493 e. The number of nitrogens with one attached hydrogen (secondary N) is 2. The summed E-state index contributed by atoms with van der Waals surface area (Å²) in [6, 6.07) is 11.6. The molecule has 2 N–H and O–H groups in total. The Labute approximate surface area is 186 Å². The smallest absolute Gasteiger partial charge is 0.163 e. The number of halogens is 1. The van der Waals surface area contributed by atoms with E-state index in [2.05, 4.69) is 20.3 Å². The molecule has 0 amide bonds. The summed E-state index contributed by atoms with van der Waals surface area (Å²) in [7, 11) is -1.46. The quantitative estimate of drug-likeness (QED) is 0.379. The fourth-order valence-electron chi connectivity index (χ4n) is 3.21. The van der Waals surface area contributed by atoms with Crippen molar-refractivity contribution in [1.29, 1.82) is 0 Å². The standard InChI is InChI=1S/C21H22N4O4S.ClH/c1-28-19-11-16-18(12-20(19)29-8-3-9-30(2,26)27)23-13-24-21(16)25-15-4-5-17-14(10-15)6-7-22-17;/h4-7,10-13,22H,3,8-9H2,1-2H3,(H,23,24,25);1H. The molecule has 0 atom stereocenters. The second kappa shape index (κ2) is 9.40. The number of methoxy groups -OCH3 is 1. The van der Waals surface area contributed by atoms with E-state index >= 15 is 0 Å². The molecule has 0 aliphatic rings. The van der Waals surface area contributed by atoms with Crippen LogP contribution < -0.4 is 14.8 Å². The van der Waals surface area contributed by atoms with Gasteiger partial charge in [-0.2, -0.15) is 0 Å². The van der Waals surface area contributed by atoms with Crippen LogP contribution in [-0.2, 0) is 9.84 Å². The average Bonchev–Trinajstić information content (AvgIpc) is 3.18. The first kappa shape index (κ1) is 22.6. The van der Waals surface area contributed by atoms with Crippen LogP contribution in [0.4, 0.5) is 11.5 Å². The zero-order chi connectivity index (χ0) is 21.1. The molecule has 2 aromatic carbocycles. The van der Waals surface area contributed by atoms with Crippen molar-refractivity contribution in [3.8, 4) is 11.5 Å². The van der Waals surface area contributed by atoms with Gasteiger partial charge >= 0.3 is 0 Å². The van der Waals surface area contributed by atoms with E-state index in [1.165, 1.54) is 12.6 Å². The molecule has 4 rings (SSSR count). The predicted octanol–water partition coefficient (Wildman–Crippen LogP) is 4.10. The third-order valence-electron chi connectivity index (χ3n) is 4.65. The van der Waals surface area contributed by atoms with E-state index in [0.29, 0.717) is 29.3 Å². The van der Waals surface area contributed by atoms with Crippen LogP contribution in [0.2, 0.25) is 0 Å². The SMILES string of the molecule is COc1cc2c(Nc3ccc4[nH]ccc4c3)ncnc2cc1OCCCS(C)(=O)=O.Cl. The summed E-state index contributed by atoms with van der Waals surface area (Å²) in [5, 5.41) is 5.22. The fourth-order valence-corrected chi connectivity index (χ4v) is 3.85. The minimum absolute atomic E-state index is 0. The van der Waals surface area contributed by atoms with Gasteiger partial charge in [0.05, 0.1) is 25.0 Å². The average molecular weight is 463 g/mol. The summed E-state index contributed by atoms with van der Waals surface area (Å²) in [6.07, 6.45) is 5.00. The zero-order valence-corrected chi connectivity index (χ0v) is 18.7. The lowest BCUT2D eigenvalue weighted by Crippen LogP contribution is -2.08. The number of aromatic nitrogens is 3. The van der Waals surface area contributed by atoms with Gasteiger partial charge in [-0.25, -0.2) is 18.4 Å². The third kappa shape index (κ3) is 5.36. The first-order valence-electron chi connectivity index (χ1n) is 9.40. The first-order valence-corrected chi connectivity index (χ1v) is 11.5. The highest BCUT2D eigenvalue weighted by molar-refractivity contribution is 7.90. The lowest BCUT2D eigenvalue weighted by Gasteiger charge is -2.14. The first-order chi connectivity index (χ1) is 14.4. The van der Waals surface area contributed by atoms with Crippen molar-refractivity contribution in [2.75, 3.05) is 31.0 Å². The van der Waals surface area contributed by atoms with Gasteiger partial charge in [-0.3, -0.25) is 0 Å². The number of hydrogen-bond acceptors (Lipinski definition) is 7. The van der Waals surface area contributed by atoms with E-state index < -0.39 is 9.84 Å². The molecule has 8 nitrogen and oxygen atoms in total. The molecule has 0 fully saturated rings. The molecule has 2 heterocycles. The van der Waals surface area contributed by atoms with Crippen LogP contribution in [0.15, 0.2) is 48.9 Å². The molecule has 0 spiro atoms. The molecule has 0 saturated heterocycles. The normalized spacial score (nSPS) is 11.3. The van der Waals surface area contributed by atoms with Crippen LogP contribution in [0.5, 0.6) is 11.5 Å². The van der Waals surface area contributed by atoms with Crippen molar-refractivity contribution in [1.82, 2.24) is 15.0 Å². The van der Waals surface area contributed by atoms with Crippen LogP contribution in [0, 0.1) is 0 Å². The highest BCUT2D eigenvalue weighted by atomic mass is 35.5. The van der Waals surface area contributed by atoms with Crippen LogP contribution in [-0.4, -0.2) is 49.1 Å². The Morgan fingerprint density at radius 1 is 1.10 bits per heavy atom. The maximum absolute atomic E-state index is 11.3. The van der Waals surface area contributed by atoms with E-state index in [1.54, 1.807) is 13.2 Å². The molecule has 0 saturated carbocycles. The van der Waals surface area contributed by atoms with Crippen molar-refractivity contribution in [3.05, 3.63) is 48.9 Å². The van der Waals surface area contributed by atoms with Crippen LogP contribution in [0.3, 0.4) is 0 Å². The molecule has 2 aromatic heterocycles. The molecule has 10 heteroatoms. The predicted molar refractivity (Wildman–Crippen MR) is 125 cm³/mol. The van der Waals surface area contributed by atoms with Gasteiger partial charge in [-0.05, 0) is 36.8 Å². The van der Waals surface area contributed by atoms with E-state index in [-0.39, 0.29) is 24.8 Å². The summed E-state index contributed by atoms with van der Waals surface area (Å²) in [5.41, 5.74) is 2.66. The monoisotopic (exact) mass is 462 g/mol. The Morgan fingerprint density at radius 2 is 1.94 bits per heavy atom. The molecular weight excluding hydrogens is 440 g/mol. The Kier molecular flexibility index (Phi) is 6.87. The highest BCUT2D eigenvalue weighted by Crippen LogP contribution is 2.35. The molecule has 4 aromatic rings. The van der Waals surface area contributed by atoms with Crippen molar-refractivity contribution in [2.45, 2.75) is 6.42 Å². The van der Waals surface area contributed by atoms with Crippen LogP contribution in [0.1, 0.15) is 6.42 Å². The zero-order valence-electron chi connectivity index (χ0n) is 17.1. The number of rotatable bonds is 8.